The van der Waals surface area contributed by atoms with Gasteiger partial charge in [0.2, 0.25) is 17.6 Å². The Bertz CT molecular complexity index is 1370. The smallest absolute Gasteiger partial charge is 0.247 e. The minimum absolute atomic E-state index is 0.190. The maximum absolute atomic E-state index is 13.3. The van der Waals surface area contributed by atoms with Crippen molar-refractivity contribution in [3.63, 3.8) is 0 Å². The van der Waals surface area contributed by atoms with E-state index < -0.39 is 0 Å². The van der Waals surface area contributed by atoms with Crippen LogP contribution < -0.4 is 25.2 Å². The van der Waals surface area contributed by atoms with Crippen LogP contribution in [0.3, 0.4) is 0 Å². The number of carbonyl (C=O) groups is 2. The fourth-order valence-corrected chi connectivity index (χ4v) is 4.70. The zero-order chi connectivity index (χ0) is 29.4. The minimum Gasteiger partial charge on any atom is -0.494 e. The summed E-state index contributed by atoms with van der Waals surface area (Å²) in [7, 11) is 7.53. The first-order chi connectivity index (χ1) is 19.8. The number of ether oxygens (including phenoxy) is 1. The van der Waals surface area contributed by atoms with E-state index in [1.807, 2.05) is 56.4 Å². The molecule has 0 radical (unpaired) electrons. The quantitative estimate of drug-likeness (QED) is 0.245. The van der Waals surface area contributed by atoms with E-state index in [2.05, 4.69) is 37.0 Å². The molecule has 1 aromatic heterocycles. The third kappa shape index (κ3) is 7.61. The molecule has 1 aliphatic rings. The fraction of sp³-hybridized carbons (Fsp3) is 0.355. The highest BCUT2D eigenvalue weighted by molar-refractivity contribution is 6.08. The van der Waals surface area contributed by atoms with Crippen molar-refractivity contribution in [3.8, 4) is 5.75 Å². The third-order valence-corrected chi connectivity index (χ3v) is 7.04. The van der Waals surface area contributed by atoms with Crippen molar-refractivity contribution in [2.45, 2.75) is 19.3 Å². The summed E-state index contributed by atoms with van der Waals surface area (Å²) in [5, 5.41) is 6.04. The van der Waals surface area contributed by atoms with Gasteiger partial charge in [-0.3, -0.25) is 9.59 Å². The molecule has 3 aromatic rings. The number of benzene rings is 2. The first-order valence-corrected chi connectivity index (χ1v) is 13.8. The molecule has 0 aliphatic carbocycles. The lowest BCUT2D eigenvalue weighted by atomic mass is 10.1. The summed E-state index contributed by atoms with van der Waals surface area (Å²) in [5.41, 5.74) is 3.85. The van der Waals surface area contributed by atoms with Crippen LogP contribution in [0.25, 0.3) is 0 Å². The first-order valence-electron chi connectivity index (χ1n) is 13.8. The van der Waals surface area contributed by atoms with E-state index >= 15 is 0 Å². The van der Waals surface area contributed by atoms with Crippen molar-refractivity contribution in [2.24, 2.45) is 0 Å². The number of hydrogen-bond acceptors (Lipinski definition) is 9. The number of methoxy groups -OCH3 is 1. The number of hydrogen-bond donors (Lipinski definition) is 2. The maximum atomic E-state index is 13.3. The van der Waals surface area contributed by atoms with Gasteiger partial charge in [0.1, 0.15) is 11.4 Å². The van der Waals surface area contributed by atoms with Crippen LogP contribution in [0, 0.1) is 0 Å². The second-order valence-corrected chi connectivity index (χ2v) is 10.3. The van der Waals surface area contributed by atoms with E-state index in [0.717, 1.165) is 37.6 Å². The van der Waals surface area contributed by atoms with E-state index in [9.17, 15) is 9.59 Å². The molecular weight excluding hydrogens is 518 g/mol. The van der Waals surface area contributed by atoms with Gasteiger partial charge in [-0.05, 0) is 75.8 Å². The lowest BCUT2D eigenvalue weighted by Gasteiger charge is -2.28. The normalized spacial score (nSPS) is 13.0. The van der Waals surface area contributed by atoms with Gasteiger partial charge < -0.3 is 30.1 Å². The van der Waals surface area contributed by atoms with Crippen LogP contribution in [0.1, 0.15) is 35.3 Å². The number of amides is 1. The fourth-order valence-electron chi connectivity index (χ4n) is 4.70. The summed E-state index contributed by atoms with van der Waals surface area (Å²) in [4.78, 5) is 40.8. The highest BCUT2D eigenvalue weighted by atomic mass is 16.5. The van der Waals surface area contributed by atoms with Crippen molar-refractivity contribution in [2.75, 3.05) is 74.9 Å². The van der Waals surface area contributed by atoms with Gasteiger partial charge in [0, 0.05) is 56.7 Å². The van der Waals surface area contributed by atoms with Crippen LogP contribution in [0.5, 0.6) is 5.75 Å². The number of nitrogens with zero attached hydrogens (tertiary/aromatic N) is 5. The summed E-state index contributed by atoms with van der Waals surface area (Å²) < 4.78 is 5.67. The molecule has 1 amide bonds. The molecule has 0 saturated carbocycles. The molecule has 1 fully saturated rings. The second-order valence-electron chi connectivity index (χ2n) is 10.3. The molecule has 2 aromatic carbocycles. The SMILES string of the molecule is C=CC(=O)Nc1cc(Nc2nccc(C(=O)c3ccc(N4CCCCC4)cc3)n2)c(OC)cc1N(C)CCN(C)C. The van der Waals surface area contributed by atoms with Crippen molar-refractivity contribution in [1.29, 1.82) is 0 Å². The van der Waals surface area contributed by atoms with Crippen molar-refractivity contribution < 1.29 is 14.3 Å². The van der Waals surface area contributed by atoms with Crippen LogP contribution in [0.4, 0.5) is 28.7 Å². The van der Waals surface area contributed by atoms with E-state index in [4.69, 9.17) is 4.74 Å². The van der Waals surface area contributed by atoms with Gasteiger partial charge in [0.25, 0.3) is 0 Å². The number of ketones is 1. The predicted molar refractivity (Wildman–Crippen MR) is 165 cm³/mol. The van der Waals surface area contributed by atoms with Crippen molar-refractivity contribution in [3.05, 3.63) is 72.6 Å². The van der Waals surface area contributed by atoms with Gasteiger partial charge in [-0.25, -0.2) is 9.97 Å². The summed E-state index contributed by atoms with van der Waals surface area (Å²) in [5.74, 6) is 0.235. The molecule has 1 saturated heterocycles. The highest BCUT2D eigenvalue weighted by Crippen LogP contribution is 2.38. The van der Waals surface area contributed by atoms with E-state index in [-0.39, 0.29) is 23.3 Å². The molecule has 2 heterocycles. The predicted octanol–water partition coefficient (Wildman–Crippen LogP) is 4.57. The molecule has 10 nitrogen and oxygen atoms in total. The number of rotatable bonds is 12. The third-order valence-electron chi connectivity index (χ3n) is 7.04. The number of nitrogens with one attached hydrogen (secondary N) is 2. The first kappa shape index (κ1) is 29.5. The van der Waals surface area contributed by atoms with Crippen molar-refractivity contribution >= 4 is 40.4 Å². The average Bonchev–Trinajstić information content (AvgIpc) is 3.00. The molecule has 2 N–H and O–H groups in total. The zero-order valence-electron chi connectivity index (χ0n) is 24.3. The van der Waals surface area contributed by atoms with Crippen LogP contribution in [-0.2, 0) is 4.79 Å². The Kier molecular flexibility index (Phi) is 9.91. The van der Waals surface area contributed by atoms with Crippen LogP contribution in [0.2, 0.25) is 0 Å². The highest BCUT2D eigenvalue weighted by Gasteiger charge is 2.18. The summed E-state index contributed by atoms with van der Waals surface area (Å²) in [6.07, 6.45) is 6.42. The van der Waals surface area contributed by atoms with E-state index in [0.29, 0.717) is 22.7 Å². The van der Waals surface area contributed by atoms with Gasteiger partial charge in [-0.15, -0.1) is 0 Å². The Balaban J connectivity index is 1.57. The molecule has 0 unspecified atom stereocenters. The van der Waals surface area contributed by atoms with Crippen molar-refractivity contribution in [1.82, 2.24) is 14.9 Å². The average molecular weight is 558 g/mol. The molecule has 0 spiro atoms. The lowest BCUT2D eigenvalue weighted by Crippen LogP contribution is -2.29. The Hall–Kier alpha value is -4.44. The maximum Gasteiger partial charge on any atom is 0.247 e. The second kappa shape index (κ2) is 13.8. The number of likely N-dealkylation sites (N-methyl/N-ethyl adjacent to an activating group) is 2. The van der Waals surface area contributed by atoms with Gasteiger partial charge in [0.15, 0.2) is 0 Å². The monoisotopic (exact) mass is 557 g/mol. The molecule has 4 rings (SSSR count). The number of anilines is 5. The van der Waals surface area contributed by atoms with Gasteiger partial charge >= 0.3 is 0 Å². The van der Waals surface area contributed by atoms with Gasteiger partial charge in [0.05, 0.1) is 24.2 Å². The molecule has 0 bridgehead atoms. The molecule has 1 aliphatic heterocycles. The molecule has 41 heavy (non-hydrogen) atoms. The summed E-state index contributed by atoms with van der Waals surface area (Å²) in [6.45, 7) is 7.21. The standard InChI is InChI=1S/C31H39N7O3/c1-6-29(39)33-25-20-26(28(41-5)21-27(25)37(4)19-18-36(2)3)35-31-32-15-14-24(34-31)30(40)22-10-12-23(13-11-22)38-16-8-7-9-17-38/h6,10-15,20-21H,1,7-9,16-19H2,2-5H3,(H,33,39)(H,32,34,35). The Morgan fingerprint density at radius 2 is 1.76 bits per heavy atom. The Morgan fingerprint density at radius 1 is 1.02 bits per heavy atom. The molecule has 216 valence electrons. The minimum atomic E-state index is -0.335. The largest absolute Gasteiger partial charge is 0.494 e. The molecule has 0 atom stereocenters. The number of piperidine rings is 1. The van der Waals surface area contributed by atoms with Crippen LogP contribution in [-0.4, -0.2) is 81.0 Å². The number of carbonyl (C=O) groups excluding carboxylic acids is 2. The molecular formula is C31H39N7O3. The van der Waals surface area contributed by atoms with E-state index in [1.54, 1.807) is 25.4 Å². The van der Waals surface area contributed by atoms with E-state index in [1.165, 1.54) is 25.3 Å². The lowest BCUT2D eigenvalue weighted by molar-refractivity contribution is -0.111. The van der Waals surface area contributed by atoms with Gasteiger partial charge in [-0.1, -0.05) is 6.58 Å². The number of aromatic nitrogens is 2. The summed E-state index contributed by atoms with van der Waals surface area (Å²) in [6, 6.07) is 12.9. The Morgan fingerprint density at radius 3 is 2.41 bits per heavy atom. The van der Waals surface area contributed by atoms with Gasteiger partial charge in [-0.2, -0.15) is 0 Å². The zero-order valence-corrected chi connectivity index (χ0v) is 24.3. The van der Waals surface area contributed by atoms with Crippen LogP contribution >= 0.6 is 0 Å². The Labute approximate surface area is 242 Å². The summed E-state index contributed by atoms with van der Waals surface area (Å²) >= 11 is 0. The topological polar surface area (TPSA) is 103 Å². The van der Waals surface area contributed by atoms with Crippen LogP contribution in [0.15, 0.2) is 61.3 Å². The molecule has 10 heteroatoms.